The highest BCUT2D eigenvalue weighted by Gasteiger charge is 2.28. The van der Waals surface area contributed by atoms with Crippen LogP contribution >= 0.6 is 11.6 Å². The Morgan fingerprint density at radius 2 is 2.05 bits per heavy atom. The Hall–Kier alpha value is -0.570. The van der Waals surface area contributed by atoms with E-state index in [0.29, 0.717) is 5.41 Å². The van der Waals surface area contributed by atoms with Crippen LogP contribution in [-0.2, 0) is 6.54 Å². The predicted octanol–water partition coefficient (Wildman–Crippen LogP) is 3.94. The zero-order chi connectivity index (χ0) is 14.6. The molecule has 1 aliphatic rings. The lowest BCUT2D eigenvalue weighted by molar-refractivity contribution is 0.174. The molecule has 0 bridgehead atoms. The first kappa shape index (κ1) is 15.8. The second-order valence-electron chi connectivity index (χ2n) is 6.58. The van der Waals surface area contributed by atoms with Gasteiger partial charge in [0.25, 0.3) is 0 Å². The van der Waals surface area contributed by atoms with Crippen LogP contribution in [0, 0.1) is 5.41 Å². The zero-order valence-corrected chi connectivity index (χ0v) is 13.7. The predicted molar refractivity (Wildman–Crippen MR) is 87.2 cm³/mol. The minimum absolute atomic E-state index is 0.332. The van der Waals surface area contributed by atoms with Crippen molar-refractivity contribution in [2.75, 3.05) is 20.1 Å². The van der Waals surface area contributed by atoms with E-state index < -0.39 is 0 Å². The molecule has 0 amide bonds. The quantitative estimate of drug-likeness (QED) is 0.781. The van der Waals surface area contributed by atoms with Gasteiger partial charge >= 0.3 is 0 Å². The van der Waals surface area contributed by atoms with Gasteiger partial charge in [0, 0.05) is 30.7 Å². The van der Waals surface area contributed by atoms with Crippen molar-refractivity contribution in [2.24, 2.45) is 5.41 Å². The fraction of sp³-hybridized carbons (Fsp3) is 0.647. The highest BCUT2D eigenvalue weighted by atomic mass is 35.5. The van der Waals surface area contributed by atoms with Gasteiger partial charge in [-0.05, 0) is 43.4 Å². The van der Waals surface area contributed by atoms with E-state index in [-0.39, 0.29) is 0 Å². The van der Waals surface area contributed by atoms with Crippen molar-refractivity contribution in [1.29, 1.82) is 0 Å². The van der Waals surface area contributed by atoms with Crippen molar-refractivity contribution in [3.8, 4) is 0 Å². The largest absolute Gasteiger partial charge is 0.313 e. The van der Waals surface area contributed by atoms with Crippen molar-refractivity contribution in [2.45, 2.75) is 45.7 Å². The van der Waals surface area contributed by atoms with Gasteiger partial charge in [-0.1, -0.05) is 43.6 Å². The molecule has 1 aliphatic carbocycles. The van der Waals surface area contributed by atoms with Gasteiger partial charge in [-0.2, -0.15) is 0 Å². The molecule has 0 saturated heterocycles. The van der Waals surface area contributed by atoms with E-state index in [1.165, 1.54) is 24.8 Å². The van der Waals surface area contributed by atoms with Gasteiger partial charge in [-0.3, -0.25) is 0 Å². The average molecular weight is 295 g/mol. The monoisotopic (exact) mass is 294 g/mol. The van der Waals surface area contributed by atoms with Gasteiger partial charge < -0.3 is 10.2 Å². The number of hydrogen-bond acceptors (Lipinski definition) is 2. The van der Waals surface area contributed by atoms with E-state index in [1.807, 2.05) is 12.1 Å². The number of benzene rings is 1. The highest BCUT2D eigenvalue weighted by molar-refractivity contribution is 6.31. The Balaban J connectivity index is 1.87. The molecule has 0 radical (unpaired) electrons. The number of nitrogens with zero attached hydrogens (tertiary/aromatic N) is 1. The molecule has 1 aromatic carbocycles. The third-order valence-corrected chi connectivity index (χ3v) is 4.67. The van der Waals surface area contributed by atoms with E-state index >= 15 is 0 Å². The number of nitrogens with one attached hydrogen (secondary N) is 1. The van der Waals surface area contributed by atoms with Gasteiger partial charge in [0.15, 0.2) is 0 Å². The summed E-state index contributed by atoms with van der Waals surface area (Å²) in [4.78, 5) is 2.39. The lowest BCUT2D eigenvalue weighted by Gasteiger charge is -2.33. The van der Waals surface area contributed by atoms with Gasteiger partial charge in [-0.15, -0.1) is 0 Å². The summed E-state index contributed by atoms with van der Waals surface area (Å²) in [5.74, 6) is 0. The van der Waals surface area contributed by atoms with Crippen LogP contribution in [0.1, 0.15) is 38.7 Å². The lowest BCUT2D eigenvalue weighted by atomic mass is 9.86. The van der Waals surface area contributed by atoms with Crippen LogP contribution in [0.2, 0.25) is 5.02 Å². The van der Waals surface area contributed by atoms with Crippen LogP contribution in [0.5, 0.6) is 0 Å². The third kappa shape index (κ3) is 4.76. The standard InChI is InChI=1S/C17H27ClN2/c1-4-17(2,12-19-15-9-10-15)13-20(3)11-14-7-5-6-8-16(14)18/h5-8,15,19H,4,9-13H2,1-3H3. The lowest BCUT2D eigenvalue weighted by Crippen LogP contribution is -2.41. The first-order valence-electron chi connectivity index (χ1n) is 7.68. The fourth-order valence-corrected chi connectivity index (χ4v) is 2.79. The Morgan fingerprint density at radius 1 is 1.35 bits per heavy atom. The second-order valence-corrected chi connectivity index (χ2v) is 6.99. The van der Waals surface area contributed by atoms with Crippen molar-refractivity contribution in [3.05, 3.63) is 34.9 Å². The molecule has 1 aromatic rings. The van der Waals surface area contributed by atoms with Crippen molar-refractivity contribution >= 4 is 11.6 Å². The minimum Gasteiger partial charge on any atom is -0.313 e. The summed E-state index contributed by atoms with van der Waals surface area (Å²) in [5.41, 5.74) is 1.55. The summed E-state index contributed by atoms with van der Waals surface area (Å²) < 4.78 is 0. The molecular formula is C17H27ClN2. The molecule has 3 heteroatoms. The van der Waals surface area contributed by atoms with E-state index in [0.717, 1.165) is 30.7 Å². The molecule has 1 atom stereocenters. The van der Waals surface area contributed by atoms with Crippen LogP contribution in [0.25, 0.3) is 0 Å². The Morgan fingerprint density at radius 3 is 2.65 bits per heavy atom. The summed E-state index contributed by atoms with van der Waals surface area (Å²) in [5, 5.41) is 4.55. The number of halogens is 1. The van der Waals surface area contributed by atoms with Crippen LogP contribution in [0.15, 0.2) is 24.3 Å². The normalized spacial score (nSPS) is 18.2. The van der Waals surface area contributed by atoms with Gasteiger partial charge in [0.2, 0.25) is 0 Å². The molecule has 1 N–H and O–H groups in total. The molecule has 2 rings (SSSR count). The molecule has 112 valence electrons. The maximum atomic E-state index is 6.25. The first-order valence-corrected chi connectivity index (χ1v) is 8.05. The van der Waals surface area contributed by atoms with Gasteiger partial charge in [-0.25, -0.2) is 0 Å². The van der Waals surface area contributed by atoms with Gasteiger partial charge in [0.05, 0.1) is 0 Å². The molecule has 0 spiro atoms. The Kier molecular flexibility index (Phi) is 5.48. The van der Waals surface area contributed by atoms with Crippen molar-refractivity contribution in [1.82, 2.24) is 10.2 Å². The van der Waals surface area contributed by atoms with E-state index in [1.54, 1.807) is 0 Å². The second kappa shape index (κ2) is 6.93. The van der Waals surface area contributed by atoms with E-state index in [4.69, 9.17) is 11.6 Å². The first-order chi connectivity index (χ1) is 9.52. The highest BCUT2D eigenvalue weighted by Crippen LogP contribution is 2.26. The number of rotatable bonds is 8. The molecule has 0 heterocycles. The summed E-state index contributed by atoms with van der Waals surface area (Å²) in [6, 6.07) is 8.92. The molecule has 20 heavy (non-hydrogen) atoms. The Labute approximate surface area is 128 Å². The molecule has 1 unspecified atom stereocenters. The van der Waals surface area contributed by atoms with E-state index in [2.05, 4.69) is 43.2 Å². The summed E-state index contributed by atoms with van der Waals surface area (Å²) in [6.07, 6.45) is 3.91. The van der Waals surface area contributed by atoms with Crippen LogP contribution < -0.4 is 5.32 Å². The molecular weight excluding hydrogens is 268 g/mol. The minimum atomic E-state index is 0.332. The van der Waals surface area contributed by atoms with Crippen molar-refractivity contribution < 1.29 is 0 Å². The molecule has 1 saturated carbocycles. The molecule has 0 aliphatic heterocycles. The number of hydrogen-bond donors (Lipinski definition) is 1. The average Bonchev–Trinajstić information content (AvgIpc) is 3.23. The molecule has 1 fully saturated rings. The maximum absolute atomic E-state index is 6.25. The fourth-order valence-electron chi connectivity index (χ4n) is 2.60. The smallest absolute Gasteiger partial charge is 0.0451 e. The van der Waals surface area contributed by atoms with Crippen molar-refractivity contribution in [3.63, 3.8) is 0 Å². The van der Waals surface area contributed by atoms with Gasteiger partial charge in [0.1, 0.15) is 0 Å². The summed E-state index contributed by atoms with van der Waals surface area (Å²) in [6.45, 7) is 7.79. The van der Waals surface area contributed by atoms with Crippen LogP contribution in [0.3, 0.4) is 0 Å². The zero-order valence-electron chi connectivity index (χ0n) is 13.0. The molecule has 2 nitrogen and oxygen atoms in total. The van der Waals surface area contributed by atoms with E-state index in [9.17, 15) is 0 Å². The van der Waals surface area contributed by atoms with Crippen LogP contribution in [-0.4, -0.2) is 31.1 Å². The van der Waals surface area contributed by atoms with Crippen LogP contribution in [0.4, 0.5) is 0 Å². The Bertz CT molecular complexity index is 431. The summed E-state index contributed by atoms with van der Waals surface area (Å²) in [7, 11) is 2.19. The summed E-state index contributed by atoms with van der Waals surface area (Å²) >= 11 is 6.25. The SMILES string of the molecule is CCC(C)(CNC1CC1)CN(C)Cc1ccccc1Cl. The maximum Gasteiger partial charge on any atom is 0.0451 e. The topological polar surface area (TPSA) is 15.3 Å². The molecule has 0 aromatic heterocycles. The third-order valence-electron chi connectivity index (χ3n) is 4.30.